The molecule has 49 heavy (non-hydrogen) atoms. The molecule has 3 aromatic heterocycles. The lowest BCUT2D eigenvalue weighted by Crippen LogP contribution is -2.47. The van der Waals surface area contributed by atoms with Gasteiger partial charge >= 0.3 is 6.09 Å². The summed E-state index contributed by atoms with van der Waals surface area (Å²) in [6.07, 6.45) is 2.53. The number of carbonyl (C=O) groups excluding carboxylic acids is 1. The number of nitrogens with zero attached hydrogens (tertiary/aromatic N) is 5. The number of carbonyl (C=O) groups is 1. The van der Waals surface area contributed by atoms with Crippen LogP contribution < -0.4 is 14.4 Å². The SMILES string of the molecule is CC(C)(C)OC(=O)N1Cc2c(F)ccc3c2[C@H](CO3)COc2cc(-c3cccnc3C#CC(C)(C)O[Si](C)(C)C(C)(C)C)c3nncn3c21. The number of fused-ring (bicyclic) bond motifs is 3. The van der Waals surface area contributed by atoms with Crippen LogP contribution in [0.3, 0.4) is 0 Å². The Balaban J connectivity index is 1.51. The molecule has 1 amide bonds. The van der Waals surface area contributed by atoms with Crippen LogP contribution in [0.5, 0.6) is 11.5 Å². The molecule has 0 saturated heterocycles. The number of amides is 1. The molecule has 0 N–H and O–H groups in total. The van der Waals surface area contributed by atoms with Crippen molar-refractivity contribution in [2.24, 2.45) is 0 Å². The number of benzene rings is 1. The van der Waals surface area contributed by atoms with Crippen molar-refractivity contribution in [3.05, 3.63) is 65.5 Å². The number of anilines is 1. The van der Waals surface area contributed by atoms with Gasteiger partial charge < -0.3 is 18.6 Å². The van der Waals surface area contributed by atoms with Gasteiger partial charge in [0.25, 0.3) is 0 Å². The van der Waals surface area contributed by atoms with Gasteiger partial charge in [-0.05, 0) is 89.0 Å². The van der Waals surface area contributed by atoms with Crippen LogP contribution in [-0.2, 0) is 15.7 Å². The summed E-state index contributed by atoms with van der Waals surface area (Å²) in [6, 6.07) is 8.55. The summed E-state index contributed by atoms with van der Waals surface area (Å²) in [6.45, 7) is 20.7. The van der Waals surface area contributed by atoms with E-state index < -0.39 is 31.4 Å². The van der Waals surface area contributed by atoms with E-state index in [1.54, 1.807) is 37.4 Å². The summed E-state index contributed by atoms with van der Waals surface area (Å²) in [4.78, 5) is 20.0. The lowest BCUT2D eigenvalue weighted by atomic mass is 9.95. The molecule has 0 spiro atoms. The monoisotopic (exact) mass is 685 g/mol. The third-order valence-electron chi connectivity index (χ3n) is 9.14. The van der Waals surface area contributed by atoms with Crippen LogP contribution in [-0.4, -0.2) is 58.4 Å². The highest BCUT2D eigenvalue weighted by molar-refractivity contribution is 6.74. The molecular weight excluding hydrogens is 642 g/mol. The summed E-state index contributed by atoms with van der Waals surface area (Å²) < 4.78 is 42.3. The molecule has 1 atom stereocenters. The van der Waals surface area contributed by atoms with Gasteiger partial charge in [0.2, 0.25) is 0 Å². The minimum Gasteiger partial charge on any atom is -0.493 e. The minimum absolute atomic E-state index is 0.0213. The van der Waals surface area contributed by atoms with E-state index in [0.717, 1.165) is 0 Å². The van der Waals surface area contributed by atoms with E-state index in [1.165, 1.54) is 17.3 Å². The van der Waals surface area contributed by atoms with Crippen molar-refractivity contribution in [2.75, 3.05) is 18.1 Å². The van der Waals surface area contributed by atoms with E-state index in [1.807, 2.05) is 32.0 Å². The number of pyridine rings is 2. The maximum atomic E-state index is 15.6. The second-order valence-corrected chi connectivity index (χ2v) is 20.3. The summed E-state index contributed by atoms with van der Waals surface area (Å²) in [7, 11) is -2.11. The topological polar surface area (TPSA) is 100 Å². The van der Waals surface area contributed by atoms with E-state index in [4.69, 9.17) is 18.6 Å². The highest BCUT2D eigenvalue weighted by atomic mass is 28.4. The Morgan fingerprint density at radius 1 is 1.02 bits per heavy atom. The zero-order chi connectivity index (χ0) is 35.5. The Morgan fingerprint density at radius 3 is 2.43 bits per heavy atom. The third-order valence-corrected chi connectivity index (χ3v) is 13.8. The van der Waals surface area contributed by atoms with Crippen LogP contribution in [0, 0.1) is 17.7 Å². The van der Waals surface area contributed by atoms with Gasteiger partial charge in [-0.1, -0.05) is 26.7 Å². The first-order valence-corrected chi connectivity index (χ1v) is 19.4. The molecule has 258 valence electrons. The Morgan fingerprint density at radius 2 is 1.73 bits per heavy atom. The number of hydrogen-bond acceptors (Lipinski definition) is 8. The molecule has 0 radical (unpaired) electrons. The van der Waals surface area contributed by atoms with E-state index in [-0.39, 0.29) is 24.1 Å². The summed E-state index contributed by atoms with van der Waals surface area (Å²) in [5.41, 5.74) is 1.79. The molecule has 4 aromatic rings. The molecule has 12 heteroatoms. The van der Waals surface area contributed by atoms with Gasteiger partial charge in [-0.2, -0.15) is 0 Å². The molecule has 0 fully saturated rings. The normalized spacial score (nSPS) is 16.3. The van der Waals surface area contributed by atoms with E-state index in [0.29, 0.717) is 57.5 Å². The zero-order valence-corrected chi connectivity index (χ0v) is 30.9. The van der Waals surface area contributed by atoms with Gasteiger partial charge in [0.15, 0.2) is 25.5 Å². The number of rotatable bonds is 3. The second kappa shape index (κ2) is 12.1. The van der Waals surface area contributed by atoms with Crippen molar-refractivity contribution in [2.45, 2.75) is 97.2 Å². The van der Waals surface area contributed by atoms with Crippen LogP contribution in [0.1, 0.15) is 78.1 Å². The van der Waals surface area contributed by atoms with Gasteiger partial charge in [-0.3, -0.25) is 9.30 Å². The Bertz CT molecular complexity index is 2000. The summed E-state index contributed by atoms with van der Waals surface area (Å²) in [5.74, 6) is 7.17. The fraction of sp³-hybridized carbons (Fsp3) is 0.459. The van der Waals surface area contributed by atoms with Crippen LogP contribution in [0.15, 0.2) is 42.9 Å². The fourth-order valence-corrected chi connectivity index (χ4v) is 7.55. The maximum absolute atomic E-state index is 15.6. The van der Waals surface area contributed by atoms with Gasteiger partial charge in [0, 0.05) is 28.5 Å². The summed E-state index contributed by atoms with van der Waals surface area (Å²) >= 11 is 0. The van der Waals surface area contributed by atoms with Crippen LogP contribution in [0.2, 0.25) is 18.1 Å². The maximum Gasteiger partial charge on any atom is 0.416 e. The molecule has 6 rings (SSSR count). The zero-order valence-electron chi connectivity index (χ0n) is 29.9. The van der Waals surface area contributed by atoms with Crippen molar-refractivity contribution in [3.63, 3.8) is 0 Å². The Labute approximate surface area is 288 Å². The smallest absolute Gasteiger partial charge is 0.416 e. The highest BCUT2D eigenvalue weighted by Crippen LogP contribution is 2.44. The Kier molecular flexibility index (Phi) is 8.52. The lowest BCUT2D eigenvalue weighted by molar-refractivity contribution is 0.0574. The summed E-state index contributed by atoms with van der Waals surface area (Å²) in [5, 5.41) is 8.72. The number of halogens is 1. The molecular formula is C37H44FN5O5Si. The quantitative estimate of drug-likeness (QED) is 0.159. The van der Waals surface area contributed by atoms with E-state index in [2.05, 4.69) is 60.9 Å². The molecule has 2 aliphatic rings. The average Bonchev–Trinajstić information content (AvgIpc) is 3.65. The molecule has 5 heterocycles. The van der Waals surface area contributed by atoms with Gasteiger partial charge in [0.05, 0.1) is 25.7 Å². The number of ether oxygens (including phenoxy) is 3. The standard InChI is InChI=1S/C37H44FN5O5Si/c1-35(2,3)47-34(44)42-19-26-27(38)13-14-29-31(26)23(20-45-29)21-46-30-18-25(32-41-40-22-43(32)33(30)42)24-12-11-17-39-28(24)15-16-37(7,8)48-49(9,10)36(4,5)6/h11-14,17-18,22-23H,19-21H2,1-10H3/t23-/m1/s1. The van der Waals surface area contributed by atoms with E-state index in [9.17, 15) is 4.79 Å². The van der Waals surface area contributed by atoms with Crippen LogP contribution >= 0.6 is 0 Å². The predicted octanol–water partition coefficient (Wildman–Crippen LogP) is 7.89. The first-order chi connectivity index (χ1) is 22.9. The van der Waals surface area contributed by atoms with Gasteiger partial charge in [-0.15, -0.1) is 10.2 Å². The Hall–Kier alpha value is -4.47. The third kappa shape index (κ3) is 6.74. The van der Waals surface area contributed by atoms with Crippen LogP contribution in [0.25, 0.3) is 16.8 Å². The van der Waals surface area contributed by atoms with Crippen molar-refractivity contribution in [1.29, 1.82) is 0 Å². The highest BCUT2D eigenvalue weighted by Gasteiger charge is 2.41. The molecule has 0 bridgehead atoms. The largest absolute Gasteiger partial charge is 0.493 e. The average molecular weight is 686 g/mol. The number of aromatic nitrogens is 4. The second-order valence-electron chi connectivity index (χ2n) is 15.6. The van der Waals surface area contributed by atoms with Gasteiger partial charge in [0.1, 0.15) is 34.8 Å². The van der Waals surface area contributed by atoms with Crippen LogP contribution in [0.4, 0.5) is 15.0 Å². The first kappa shape index (κ1) is 34.4. The van der Waals surface area contributed by atoms with Crippen molar-refractivity contribution in [3.8, 4) is 34.5 Å². The first-order valence-electron chi connectivity index (χ1n) is 16.5. The molecule has 10 nitrogen and oxygen atoms in total. The molecule has 1 aromatic carbocycles. The molecule has 0 unspecified atom stereocenters. The molecule has 0 aliphatic carbocycles. The predicted molar refractivity (Wildman–Crippen MR) is 188 cm³/mol. The van der Waals surface area contributed by atoms with Crippen molar-refractivity contribution >= 4 is 25.9 Å². The van der Waals surface area contributed by atoms with E-state index >= 15 is 4.39 Å². The fourth-order valence-electron chi connectivity index (χ4n) is 5.92. The lowest BCUT2D eigenvalue weighted by Gasteiger charge is -2.40. The number of hydrogen-bond donors (Lipinski definition) is 0. The minimum atomic E-state index is -2.11. The molecule has 0 saturated carbocycles. The molecule has 2 aliphatic heterocycles. The van der Waals surface area contributed by atoms with Crippen molar-refractivity contribution < 1.29 is 27.8 Å². The van der Waals surface area contributed by atoms with Gasteiger partial charge in [-0.25, -0.2) is 14.2 Å². The van der Waals surface area contributed by atoms with Crippen molar-refractivity contribution in [1.82, 2.24) is 19.6 Å².